The zero-order chi connectivity index (χ0) is 21.7. The van der Waals surface area contributed by atoms with Gasteiger partial charge in [-0.3, -0.25) is 9.59 Å². The topological polar surface area (TPSA) is 79.8 Å². The maximum atomic E-state index is 11.9. The summed E-state index contributed by atoms with van der Waals surface area (Å²) in [4.78, 5) is 23.7. The number of carbonyl (C=O) groups is 2. The van der Waals surface area contributed by atoms with Crippen LogP contribution in [-0.4, -0.2) is 18.0 Å². The molecule has 0 aliphatic rings. The average Bonchev–Trinajstić information content (AvgIpc) is 2.82. The molecule has 0 unspecified atom stereocenters. The van der Waals surface area contributed by atoms with Gasteiger partial charge in [0.15, 0.2) is 0 Å². The normalized spacial score (nSPS) is 10.6. The van der Waals surface area contributed by atoms with Gasteiger partial charge in [0, 0.05) is 19.4 Å². The first-order chi connectivity index (χ1) is 15.2. The number of hydrogen-bond donors (Lipinski definition) is 2. The SMILES string of the molecule is O=C(CCC(=O)NN=Cc1ccc(OCc2ccccc2)cc1)NCc1ccccc1. The molecule has 31 heavy (non-hydrogen) atoms. The first kappa shape index (κ1) is 21.8. The van der Waals surface area contributed by atoms with Gasteiger partial charge in [0.1, 0.15) is 12.4 Å². The number of ether oxygens (including phenoxy) is 1. The predicted octanol–water partition coefficient (Wildman–Crippen LogP) is 3.81. The molecule has 3 aromatic carbocycles. The van der Waals surface area contributed by atoms with Crippen LogP contribution in [0.5, 0.6) is 5.75 Å². The zero-order valence-corrected chi connectivity index (χ0v) is 17.2. The van der Waals surface area contributed by atoms with Crippen molar-refractivity contribution in [3.8, 4) is 5.75 Å². The first-order valence-corrected chi connectivity index (χ1v) is 10.1. The molecule has 0 aromatic heterocycles. The fourth-order valence-electron chi connectivity index (χ4n) is 2.74. The maximum absolute atomic E-state index is 11.9. The molecule has 0 bridgehead atoms. The Morgan fingerprint density at radius 2 is 1.39 bits per heavy atom. The quantitative estimate of drug-likeness (QED) is 0.390. The summed E-state index contributed by atoms with van der Waals surface area (Å²) >= 11 is 0. The van der Waals surface area contributed by atoms with Gasteiger partial charge in [-0.1, -0.05) is 60.7 Å². The second kappa shape index (κ2) is 11.9. The number of benzene rings is 3. The largest absolute Gasteiger partial charge is 0.489 e. The Labute approximate surface area is 182 Å². The Bertz CT molecular complexity index is 988. The Morgan fingerprint density at radius 3 is 2.06 bits per heavy atom. The fraction of sp³-hybridized carbons (Fsp3) is 0.160. The van der Waals surface area contributed by atoms with Gasteiger partial charge in [0.05, 0.1) is 6.21 Å². The van der Waals surface area contributed by atoms with Crippen LogP contribution in [0.25, 0.3) is 0 Å². The Balaban J connectivity index is 1.33. The highest BCUT2D eigenvalue weighted by atomic mass is 16.5. The molecule has 6 nitrogen and oxygen atoms in total. The minimum Gasteiger partial charge on any atom is -0.489 e. The van der Waals surface area contributed by atoms with Gasteiger partial charge in [0.25, 0.3) is 0 Å². The van der Waals surface area contributed by atoms with Crippen LogP contribution in [-0.2, 0) is 22.7 Å². The lowest BCUT2D eigenvalue weighted by Crippen LogP contribution is -2.25. The molecular formula is C25H25N3O3. The molecule has 6 heteroatoms. The van der Waals surface area contributed by atoms with Crippen molar-refractivity contribution in [3.63, 3.8) is 0 Å². The van der Waals surface area contributed by atoms with Crippen molar-refractivity contribution in [2.45, 2.75) is 26.0 Å². The van der Waals surface area contributed by atoms with Crippen LogP contribution in [0.4, 0.5) is 0 Å². The standard InChI is InChI=1S/C25H25N3O3/c29-24(26-17-20-7-3-1-4-8-20)15-16-25(30)28-27-18-21-11-13-23(14-12-21)31-19-22-9-5-2-6-10-22/h1-14,18H,15-17,19H2,(H,26,29)(H,28,30). The lowest BCUT2D eigenvalue weighted by molar-refractivity contribution is -0.126. The highest BCUT2D eigenvalue weighted by molar-refractivity contribution is 5.85. The molecule has 3 aromatic rings. The molecule has 2 N–H and O–H groups in total. The van der Waals surface area contributed by atoms with E-state index in [1.807, 2.05) is 84.9 Å². The molecule has 0 atom stereocenters. The summed E-state index contributed by atoms with van der Waals surface area (Å²) in [5.74, 6) is 0.273. The van der Waals surface area contributed by atoms with Gasteiger partial charge in [-0.25, -0.2) is 5.43 Å². The van der Waals surface area contributed by atoms with E-state index in [1.54, 1.807) is 6.21 Å². The first-order valence-electron chi connectivity index (χ1n) is 10.1. The Kier molecular flexibility index (Phi) is 8.37. The van der Waals surface area contributed by atoms with Crippen molar-refractivity contribution < 1.29 is 14.3 Å². The van der Waals surface area contributed by atoms with Gasteiger partial charge in [-0.15, -0.1) is 0 Å². The number of nitrogens with one attached hydrogen (secondary N) is 2. The van der Waals surface area contributed by atoms with Gasteiger partial charge in [-0.05, 0) is 41.0 Å². The van der Waals surface area contributed by atoms with E-state index in [-0.39, 0.29) is 24.7 Å². The molecule has 0 spiro atoms. The third kappa shape index (κ3) is 8.14. The molecule has 0 aliphatic carbocycles. The van der Waals surface area contributed by atoms with Gasteiger partial charge in [-0.2, -0.15) is 5.10 Å². The summed E-state index contributed by atoms with van der Waals surface area (Å²) in [5, 5.41) is 6.73. The van der Waals surface area contributed by atoms with Crippen LogP contribution >= 0.6 is 0 Å². The van der Waals surface area contributed by atoms with Crippen molar-refractivity contribution in [1.29, 1.82) is 0 Å². The van der Waals surface area contributed by atoms with Crippen LogP contribution in [0.15, 0.2) is 90.0 Å². The van der Waals surface area contributed by atoms with Crippen molar-refractivity contribution in [3.05, 3.63) is 102 Å². The molecule has 0 heterocycles. The second-order valence-corrected chi connectivity index (χ2v) is 6.90. The molecule has 0 aliphatic heterocycles. The summed E-state index contributed by atoms with van der Waals surface area (Å²) in [6.07, 6.45) is 1.74. The van der Waals surface area contributed by atoms with E-state index in [2.05, 4.69) is 15.8 Å². The summed E-state index contributed by atoms with van der Waals surface area (Å²) in [6, 6.07) is 27.0. The number of nitrogens with zero attached hydrogens (tertiary/aromatic N) is 1. The minimum atomic E-state index is -0.311. The lowest BCUT2D eigenvalue weighted by atomic mass is 10.2. The number of hydrogen-bond acceptors (Lipinski definition) is 4. The van der Waals surface area contributed by atoms with Crippen molar-refractivity contribution >= 4 is 18.0 Å². The number of carbonyl (C=O) groups excluding carboxylic acids is 2. The monoisotopic (exact) mass is 415 g/mol. The molecule has 2 amide bonds. The van der Waals surface area contributed by atoms with E-state index in [0.29, 0.717) is 13.2 Å². The lowest BCUT2D eigenvalue weighted by Gasteiger charge is -2.06. The van der Waals surface area contributed by atoms with Crippen molar-refractivity contribution in [1.82, 2.24) is 10.7 Å². The van der Waals surface area contributed by atoms with Gasteiger partial charge >= 0.3 is 0 Å². The van der Waals surface area contributed by atoms with Gasteiger partial charge < -0.3 is 10.1 Å². The van der Waals surface area contributed by atoms with E-state index in [0.717, 1.165) is 22.4 Å². The fourth-order valence-corrected chi connectivity index (χ4v) is 2.74. The molecule has 0 fully saturated rings. The molecule has 0 saturated carbocycles. The van der Waals surface area contributed by atoms with E-state index in [4.69, 9.17) is 4.74 Å². The van der Waals surface area contributed by atoms with Crippen LogP contribution in [0, 0.1) is 0 Å². The zero-order valence-electron chi connectivity index (χ0n) is 17.2. The third-order valence-corrected chi connectivity index (χ3v) is 4.44. The molecule has 3 rings (SSSR count). The molecule has 0 saturated heterocycles. The highest BCUT2D eigenvalue weighted by Crippen LogP contribution is 2.13. The number of rotatable bonds is 10. The maximum Gasteiger partial charge on any atom is 0.240 e. The average molecular weight is 415 g/mol. The van der Waals surface area contributed by atoms with E-state index >= 15 is 0 Å². The second-order valence-electron chi connectivity index (χ2n) is 6.90. The van der Waals surface area contributed by atoms with E-state index < -0.39 is 0 Å². The number of amides is 2. The van der Waals surface area contributed by atoms with Gasteiger partial charge in [0.2, 0.25) is 11.8 Å². The summed E-state index contributed by atoms with van der Waals surface area (Å²) in [7, 11) is 0. The Hall–Kier alpha value is -3.93. The van der Waals surface area contributed by atoms with Crippen LogP contribution in [0.3, 0.4) is 0 Å². The van der Waals surface area contributed by atoms with Crippen LogP contribution in [0.2, 0.25) is 0 Å². The smallest absolute Gasteiger partial charge is 0.240 e. The third-order valence-electron chi connectivity index (χ3n) is 4.44. The molecular weight excluding hydrogens is 390 g/mol. The van der Waals surface area contributed by atoms with Crippen LogP contribution in [0.1, 0.15) is 29.5 Å². The summed E-state index contributed by atoms with van der Waals surface area (Å²) in [5.41, 5.74) is 5.38. The number of hydrazone groups is 1. The Morgan fingerprint density at radius 1 is 0.774 bits per heavy atom. The van der Waals surface area contributed by atoms with Crippen LogP contribution < -0.4 is 15.5 Å². The van der Waals surface area contributed by atoms with Crippen molar-refractivity contribution in [2.75, 3.05) is 0 Å². The predicted molar refractivity (Wildman–Crippen MR) is 120 cm³/mol. The highest BCUT2D eigenvalue weighted by Gasteiger charge is 2.06. The summed E-state index contributed by atoms with van der Waals surface area (Å²) in [6.45, 7) is 0.952. The minimum absolute atomic E-state index is 0.0736. The summed E-state index contributed by atoms with van der Waals surface area (Å²) < 4.78 is 5.74. The van der Waals surface area contributed by atoms with E-state index in [1.165, 1.54) is 0 Å². The molecule has 158 valence electrons. The molecule has 0 radical (unpaired) electrons. The van der Waals surface area contributed by atoms with E-state index in [9.17, 15) is 9.59 Å². The van der Waals surface area contributed by atoms with Crippen molar-refractivity contribution in [2.24, 2.45) is 5.10 Å².